The predicted octanol–water partition coefficient (Wildman–Crippen LogP) is 5.62. The number of rotatable bonds is 7. The normalized spacial score (nSPS) is 11.8. The van der Waals surface area contributed by atoms with Crippen molar-refractivity contribution in [3.05, 3.63) is 34.3 Å². The van der Waals surface area contributed by atoms with Gasteiger partial charge in [-0.3, -0.25) is 0 Å². The molecule has 0 aliphatic rings. The van der Waals surface area contributed by atoms with E-state index in [0.717, 1.165) is 15.1 Å². The largest absolute Gasteiger partial charge is 0.162 e. The quantitative estimate of drug-likeness (QED) is 0.388. The van der Waals surface area contributed by atoms with Gasteiger partial charge in [-0.25, -0.2) is 0 Å². The summed E-state index contributed by atoms with van der Waals surface area (Å²) in [6.07, 6.45) is 1.20. The topological polar surface area (TPSA) is 0 Å². The highest BCUT2D eigenvalue weighted by Crippen LogP contribution is 2.34. The zero-order chi connectivity index (χ0) is 12.7. The Morgan fingerprint density at radius 1 is 1.12 bits per heavy atom. The van der Waals surface area contributed by atoms with Crippen molar-refractivity contribution >= 4 is 59.6 Å². The Kier molecular flexibility index (Phi) is 7.78. The van der Waals surface area contributed by atoms with E-state index >= 15 is 0 Å². The van der Waals surface area contributed by atoms with E-state index in [1.165, 1.54) is 23.5 Å². The van der Waals surface area contributed by atoms with Crippen LogP contribution in [0.2, 0.25) is 0 Å². The third-order valence-electron chi connectivity index (χ3n) is 2.90. The minimum absolute atomic E-state index is 0.211. The molecule has 17 heavy (non-hydrogen) atoms. The molecule has 0 aliphatic heterocycles. The van der Waals surface area contributed by atoms with Crippen LogP contribution in [0.5, 0.6) is 0 Å². The molecule has 0 aliphatic carbocycles. The van der Waals surface area contributed by atoms with Gasteiger partial charge in [-0.2, -0.15) is 11.8 Å². The molecule has 1 aromatic rings. The first-order chi connectivity index (χ1) is 8.18. The van der Waals surface area contributed by atoms with Gasteiger partial charge in [0.15, 0.2) is 0 Å². The maximum Gasteiger partial charge on any atom is 0.0175 e. The van der Waals surface area contributed by atoms with Crippen LogP contribution < -0.4 is 0 Å². The van der Waals surface area contributed by atoms with Gasteiger partial charge >= 0.3 is 0 Å². The Morgan fingerprint density at radius 3 is 2.18 bits per heavy atom. The molecule has 0 fully saturated rings. The fourth-order valence-corrected chi connectivity index (χ4v) is 4.91. The van der Waals surface area contributed by atoms with Crippen molar-refractivity contribution in [3.63, 3.8) is 0 Å². The summed E-state index contributed by atoms with van der Waals surface area (Å²) in [5, 5.41) is 1.99. The lowest BCUT2D eigenvalue weighted by Gasteiger charge is -2.30. The van der Waals surface area contributed by atoms with Crippen molar-refractivity contribution < 1.29 is 0 Å². The van der Waals surface area contributed by atoms with Gasteiger partial charge in [-0.1, -0.05) is 66.8 Å². The van der Waals surface area contributed by atoms with E-state index in [2.05, 4.69) is 79.0 Å². The van der Waals surface area contributed by atoms with E-state index in [1.807, 2.05) is 11.8 Å². The van der Waals surface area contributed by atoms with Crippen LogP contribution in [-0.4, -0.2) is 22.2 Å². The minimum atomic E-state index is 0.211. The van der Waals surface area contributed by atoms with Gasteiger partial charge in [0.2, 0.25) is 0 Å². The average Bonchev–Trinajstić information content (AvgIpc) is 2.37. The third-order valence-corrected chi connectivity index (χ3v) is 6.47. The maximum absolute atomic E-state index is 3.69. The molecule has 0 heterocycles. The van der Waals surface area contributed by atoms with E-state index in [1.54, 1.807) is 0 Å². The zero-order valence-corrected chi connectivity index (χ0v) is 15.5. The lowest BCUT2D eigenvalue weighted by atomic mass is 9.82. The SMILES string of the molecule is CCSCCC(CBr)(CBr)c1ccc(Br)cc1. The summed E-state index contributed by atoms with van der Waals surface area (Å²) < 4.78 is 1.14. The van der Waals surface area contributed by atoms with E-state index in [4.69, 9.17) is 0 Å². The summed E-state index contributed by atoms with van der Waals surface area (Å²) in [5.74, 6) is 2.41. The van der Waals surface area contributed by atoms with Crippen molar-refractivity contribution in [3.8, 4) is 0 Å². The van der Waals surface area contributed by atoms with Crippen molar-refractivity contribution in [1.29, 1.82) is 0 Å². The van der Waals surface area contributed by atoms with Crippen molar-refractivity contribution in [2.24, 2.45) is 0 Å². The first kappa shape index (κ1) is 16.1. The monoisotopic (exact) mass is 442 g/mol. The molecule has 0 N–H and O–H groups in total. The van der Waals surface area contributed by atoms with Crippen molar-refractivity contribution in [2.45, 2.75) is 18.8 Å². The summed E-state index contributed by atoms with van der Waals surface area (Å²) in [7, 11) is 0. The predicted molar refractivity (Wildman–Crippen MR) is 91.0 cm³/mol. The van der Waals surface area contributed by atoms with E-state index in [9.17, 15) is 0 Å². The minimum Gasteiger partial charge on any atom is -0.162 e. The molecular weight excluding hydrogens is 428 g/mol. The smallest absolute Gasteiger partial charge is 0.0175 e. The molecule has 1 rings (SSSR count). The van der Waals surface area contributed by atoms with Crippen LogP contribution in [0.3, 0.4) is 0 Å². The molecule has 0 aromatic heterocycles. The Morgan fingerprint density at radius 2 is 1.71 bits per heavy atom. The van der Waals surface area contributed by atoms with Crippen LogP contribution in [0, 0.1) is 0 Å². The molecule has 0 spiro atoms. The Bertz CT molecular complexity index is 320. The molecule has 0 saturated carbocycles. The van der Waals surface area contributed by atoms with Gasteiger partial charge in [0.1, 0.15) is 0 Å². The summed E-state index contributed by atoms with van der Waals surface area (Å²) in [5.41, 5.74) is 1.62. The molecular formula is C13H17Br3S. The highest BCUT2D eigenvalue weighted by molar-refractivity contribution is 9.10. The molecule has 1 aromatic carbocycles. The van der Waals surface area contributed by atoms with E-state index in [-0.39, 0.29) is 5.41 Å². The van der Waals surface area contributed by atoms with Gasteiger partial charge in [0, 0.05) is 20.5 Å². The molecule has 96 valence electrons. The first-order valence-electron chi connectivity index (χ1n) is 5.64. The molecule has 0 bridgehead atoms. The highest BCUT2D eigenvalue weighted by Gasteiger charge is 2.29. The Labute approximate surface area is 134 Å². The van der Waals surface area contributed by atoms with Gasteiger partial charge in [0.05, 0.1) is 0 Å². The zero-order valence-electron chi connectivity index (χ0n) is 9.89. The maximum atomic E-state index is 3.69. The standard InChI is InChI=1S/C13H17Br3S/c1-2-17-8-7-13(9-14,10-15)11-3-5-12(16)6-4-11/h3-6H,2,7-10H2,1H3. The third kappa shape index (κ3) is 4.55. The van der Waals surface area contributed by atoms with Crippen LogP contribution in [0.25, 0.3) is 0 Å². The second kappa shape index (κ2) is 8.23. The van der Waals surface area contributed by atoms with Crippen molar-refractivity contribution in [2.75, 3.05) is 22.2 Å². The second-order valence-electron chi connectivity index (χ2n) is 4.00. The van der Waals surface area contributed by atoms with Gasteiger partial charge < -0.3 is 0 Å². The van der Waals surface area contributed by atoms with E-state index < -0.39 is 0 Å². The van der Waals surface area contributed by atoms with Crippen LogP contribution in [0.15, 0.2) is 28.7 Å². The second-order valence-corrected chi connectivity index (χ2v) is 7.43. The molecule has 0 nitrogen and oxygen atoms in total. The lowest BCUT2D eigenvalue weighted by Crippen LogP contribution is -2.31. The van der Waals surface area contributed by atoms with Crippen LogP contribution in [-0.2, 0) is 5.41 Å². The summed E-state index contributed by atoms with van der Waals surface area (Å²) in [6, 6.07) is 8.71. The lowest BCUT2D eigenvalue weighted by molar-refractivity contribution is 0.539. The number of hydrogen-bond donors (Lipinski definition) is 0. The fourth-order valence-electron chi connectivity index (χ4n) is 1.68. The van der Waals surface area contributed by atoms with Gasteiger partial charge in [0.25, 0.3) is 0 Å². The number of benzene rings is 1. The van der Waals surface area contributed by atoms with Crippen LogP contribution in [0.4, 0.5) is 0 Å². The molecule has 0 atom stereocenters. The average molecular weight is 445 g/mol. The Hall–Kier alpha value is 1.01. The number of halogens is 3. The van der Waals surface area contributed by atoms with E-state index in [0.29, 0.717) is 0 Å². The fraction of sp³-hybridized carbons (Fsp3) is 0.538. The van der Waals surface area contributed by atoms with Crippen molar-refractivity contribution in [1.82, 2.24) is 0 Å². The first-order valence-corrected chi connectivity index (χ1v) is 9.83. The summed E-state index contributed by atoms with van der Waals surface area (Å²) in [4.78, 5) is 0. The van der Waals surface area contributed by atoms with Gasteiger partial charge in [-0.15, -0.1) is 0 Å². The summed E-state index contributed by atoms with van der Waals surface area (Å²) >= 11 is 12.9. The highest BCUT2D eigenvalue weighted by atomic mass is 79.9. The molecule has 4 heteroatoms. The number of hydrogen-bond acceptors (Lipinski definition) is 1. The van der Waals surface area contributed by atoms with Gasteiger partial charge in [-0.05, 0) is 35.6 Å². The number of thioether (sulfide) groups is 1. The Balaban J connectivity index is 2.85. The molecule has 0 unspecified atom stereocenters. The number of alkyl halides is 2. The van der Waals surface area contributed by atoms with Crippen LogP contribution in [0.1, 0.15) is 18.9 Å². The molecule has 0 radical (unpaired) electrons. The molecule has 0 saturated heterocycles. The molecule has 0 amide bonds. The summed E-state index contributed by atoms with van der Waals surface area (Å²) in [6.45, 7) is 2.22. The van der Waals surface area contributed by atoms with Crippen LogP contribution >= 0.6 is 59.6 Å².